The number of fused-ring (bicyclic) bond motifs is 1. The fourth-order valence-electron chi connectivity index (χ4n) is 3.78. The first-order valence-electron chi connectivity index (χ1n) is 10.6. The number of carbonyl (C=O) groups is 1. The lowest BCUT2D eigenvalue weighted by Crippen LogP contribution is -2.35. The molecule has 0 aromatic carbocycles. The van der Waals surface area contributed by atoms with Crippen LogP contribution in [0.4, 0.5) is 5.82 Å². The van der Waals surface area contributed by atoms with E-state index in [9.17, 15) is 9.59 Å². The maximum absolute atomic E-state index is 13.4. The number of pyridine rings is 1. The van der Waals surface area contributed by atoms with Crippen LogP contribution in [-0.4, -0.2) is 64.0 Å². The number of methoxy groups -OCH3 is 1. The van der Waals surface area contributed by atoms with Crippen LogP contribution in [0.2, 0.25) is 0 Å². The summed E-state index contributed by atoms with van der Waals surface area (Å²) in [6.45, 7) is 4.25. The highest BCUT2D eigenvalue weighted by Crippen LogP contribution is 2.34. The molecule has 170 valence electrons. The highest BCUT2D eigenvalue weighted by molar-refractivity contribution is 8.26. The van der Waals surface area contributed by atoms with E-state index >= 15 is 0 Å². The second kappa shape index (κ2) is 10.1. The van der Waals surface area contributed by atoms with Crippen LogP contribution < -0.4 is 10.9 Å². The minimum atomic E-state index is -0.239. The van der Waals surface area contributed by atoms with E-state index < -0.39 is 0 Å². The third-order valence-electron chi connectivity index (χ3n) is 5.46. The van der Waals surface area contributed by atoms with Crippen LogP contribution in [0.1, 0.15) is 30.4 Å². The van der Waals surface area contributed by atoms with Gasteiger partial charge in [-0.2, -0.15) is 0 Å². The number of thiocarbonyl (C=S) groups is 1. The molecule has 32 heavy (non-hydrogen) atoms. The van der Waals surface area contributed by atoms with Crippen molar-refractivity contribution in [2.45, 2.75) is 32.3 Å². The minimum Gasteiger partial charge on any atom is -0.385 e. The smallest absolute Gasteiger partial charge is 0.267 e. The normalized spacial score (nSPS) is 20.1. The number of hydrogen-bond acceptors (Lipinski definition) is 8. The Hall–Kier alpha value is -2.27. The lowest BCUT2D eigenvalue weighted by molar-refractivity contribution is -0.123. The van der Waals surface area contributed by atoms with Gasteiger partial charge in [-0.1, -0.05) is 30.0 Å². The predicted molar refractivity (Wildman–Crippen MR) is 130 cm³/mol. The maximum atomic E-state index is 13.4. The molecule has 0 bridgehead atoms. The maximum Gasteiger partial charge on any atom is 0.267 e. The summed E-state index contributed by atoms with van der Waals surface area (Å²) in [5.41, 5.74) is 1.56. The molecule has 1 N–H and O–H groups in total. The van der Waals surface area contributed by atoms with Crippen molar-refractivity contribution >= 4 is 51.7 Å². The molecule has 2 aliphatic heterocycles. The van der Waals surface area contributed by atoms with Gasteiger partial charge in [0.2, 0.25) is 0 Å². The van der Waals surface area contributed by atoms with Crippen molar-refractivity contribution in [3.63, 3.8) is 0 Å². The standard InChI is InChI=1S/C22H26N4O4S2/c1-14-6-3-9-25-19(14)24-18(23-8-5-10-29-2)16(20(25)27)12-17-21(28)26(22(31)32-17)13-15-7-4-11-30-15/h3,6,9,12,15,23H,4-5,7-8,10-11,13H2,1-2H3/b17-12+/t15-/m0/s1. The van der Waals surface area contributed by atoms with Gasteiger partial charge in [0.15, 0.2) is 0 Å². The van der Waals surface area contributed by atoms with E-state index in [1.807, 2.05) is 19.1 Å². The first kappa shape index (κ1) is 22.9. The van der Waals surface area contributed by atoms with Gasteiger partial charge in [-0.3, -0.25) is 18.9 Å². The van der Waals surface area contributed by atoms with Gasteiger partial charge in [0.1, 0.15) is 15.8 Å². The lowest BCUT2D eigenvalue weighted by Gasteiger charge is -2.18. The summed E-state index contributed by atoms with van der Waals surface area (Å²) in [6, 6.07) is 3.72. The Kier molecular flexibility index (Phi) is 7.24. The van der Waals surface area contributed by atoms with E-state index in [1.165, 1.54) is 16.2 Å². The minimum absolute atomic E-state index is 0.00537. The second-order valence-electron chi connectivity index (χ2n) is 7.76. The van der Waals surface area contributed by atoms with Crippen LogP contribution in [0.15, 0.2) is 28.0 Å². The van der Waals surface area contributed by atoms with E-state index in [0.717, 1.165) is 24.8 Å². The number of nitrogens with zero attached hydrogens (tertiary/aromatic N) is 3. The summed E-state index contributed by atoms with van der Waals surface area (Å²) in [4.78, 5) is 33.1. The number of nitrogens with one attached hydrogen (secondary N) is 1. The summed E-state index contributed by atoms with van der Waals surface area (Å²) in [6.07, 6.45) is 5.97. The Bertz CT molecular complexity index is 1120. The summed E-state index contributed by atoms with van der Waals surface area (Å²) in [5, 5.41) is 3.24. The zero-order valence-corrected chi connectivity index (χ0v) is 19.8. The molecule has 0 aliphatic carbocycles. The molecule has 1 amide bonds. The Labute approximate surface area is 196 Å². The van der Waals surface area contributed by atoms with Gasteiger partial charge in [0.25, 0.3) is 11.5 Å². The van der Waals surface area contributed by atoms with Crippen molar-refractivity contribution in [2.75, 3.05) is 38.7 Å². The van der Waals surface area contributed by atoms with E-state index in [2.05, 4.69) is 5.32 Å². The summed E-state index contributed by atoms with van der Waals surface area (Å²) in [5.74, 6) is 0.249. The van der Waals surface area contributed by atoms with Gasteiger partial charge in [-0.05, 0) is 43.9 Å². The first-order valence-corrected chi connectivity index (χ1v) is 11.8. The molecular weight excluding hydrogens is 448 g/mol. The third kappa shape index (κ3) is 4.73. The molecule has 2 fully saturated rings. The Morgan fingerprint density at radius 3 is 3.03 bits per heavy atom. The third-order valence-corrected chi connectivity index (χ3v) is 6.84. The van der Waals surface area contributed by atoms with E-state index in [1.54, 1.807) is 24.3 Å². The monoisotopic (exact) mass is 474 g/mol. The molecule has 0 unspecified atom stereocenters. The lowest BCUT2D eigenvalue weighted by atomic mass is 10.2. The molecule has 2 aromatic rings. The fraction of sp³-hybridized carbons (Fsp3) is 0.455. The molecule has 4 rings (SSSR count). The highest BCUT2D eigenvalue weighted by Gasteiger charge is 2.35. The molecule has 0 radical (unpaired) electrons. The molecule has 0 saturated carbocycles. The summed E-state index contributed by atoms with van der Waals surface area (Å²) >= 11 is 6.66. The van der Waals surface area contributed by atoms with Gasteiger partial charge in [0, 0.05) is 33.1 Å². The molecule has 8 nitrogen and oxygen atoms in total. The SMILES string of the molecule is COCCCNc1nc2c(C)cccn2c(=O)c1/C=C1/SC(=S)N(C[C@@H]2CCCO2)C1=O. The van der Waals surface area contributed by atoms with Crippen LogP contribution in [0.3, 0.4) is 0 Å². The number of carbonyl (C=O) groups excluding carboxylic acids is 1. The van der Waals surface area contributed by atoms with Crippen LogP contribution in [0, 0.1) is 6.92 Å². The van der Waals surface area contributed by atoms with Crippen molar-refractivity contribution in [1.82, 2.24) is 14.3 Å². The van der Waals surface area contributed by atoms with Crippen LogP contribution in [-0.2, 0) is 14.3 Å². The van der Waals surface area contributed by atoms with Crippen LogP contribution in [0.5, 0.6) is 0 Å². The number of rotatable bonds is 8. The van der Waals surface area contributed by atoms with Crippen molar-refractivity contribution < 1.29 is 14.3 Å². The molecule has 2 aliphatic rings. The number of aromatic nitrogens is 2. The number of hydrogen-bond donors (Lipinski definition) is 1. The molecule has 2 saturated heterocycles. The summed E-state index contributed by atoms with van der Waals surface area (Å²) in [7, 11) is 1.65. The van der Waals surface area contributed by atoms with Gasteiger partial charge in [-0.25, -0.2) is 4.98 Å². The average Bonchev–Trinajstić information content (AvgIpc) is 3.38. The van der Waals surface area contributed by atoms with Crippen molar-refractivity contribution in [1.29, 1.82) is 0 Å². The Morgan fingerprint density at radius 1 is 1.44 bits per heavy atom. The Morgan fingerprint density at radius 2 is 2.28 bits per heavy atom. The molecule has 0 spiro atoms. The van der Waals surface area contributed by atoms with Gasteiger partial charge in [-0.15, -0.1) is 0 Å². The molecular formula is C22H26N4O4S2. The topological polar surface area (TPSA) is 85.2 Å². The largest absolute Gasteiger partial charge is 0.385 e. The van der Waals surface area contributed by atoms with Crippen LogP contribution in [0.25, 0.3) is 11.7 Å². The number of anilines is 1. The predicted octanol–water partition coefficient (Wildman–Crippen LogP) is 2.83. The zero-order chi connectivity index (χ0) is 22.7. The first-order chi connectivity index (χ1) is 15.5. The summed E-state index contributed by atoms with van der Waals surface area (Å²) < 4.78 is 12.8. The number of thioether (sulfide) groups is 1. The molecule has 2 aromatic heterocycles. The quantitative estimate of drug-likeness (QED) is 0.355. The van der Waals surface area contributed by atoms with Gasteiger partial charge >= 0.3 is 0 Å². The van der Waals surface area contributed by atoms with E-state index in [4.69, 9.17) is 26.7 Å². The number of amides is 1. The average molecular weight is 475 g/mol. The molecule has 1 atom stereocenters. The molecule has 4 heterocycles. The highest BCUT2D eigenvalue weighted by atomic mass is 32.2. The van der Waals surface area contributed by atoms with E-state index in [-0.39, 0.29) is 17.6 Å². The van der Waals surface area contributed by atoms with Crippen molar-refractivity contribution in [3.05, 3.63) is 44.7 Å². The zero-order valence-electron chi connectivity index (χ0n) is 18.1. The van der Waals surface area contributed by atoms with Crippen LogP contribution >= 0.6 is 24.0 Å². The van der Waals surface area contributed by atoms with Crippen molar-refractivity contribution in [3.8, 4) is 0 Å². The number of ether oxygens (including phenoxy) is 2. The number of aryl methyl sites for hydroxylation is 1. The molecule has 10 heteroatoms. The van der Waals surface area contributed by atoms with Gasteiger partial charge < -0.3 is 14.8 Å². The van der Waals surface area contributed by atoms with Gasteiger partial charge in [0.05, 0.1) is 23.1 Å². The Balaban J connectivity index is 1.69. The second-order valence-corrected chi connectivity index (χ2v) is 9.44. The van der Waals surface area contributed by atoms with Crippen molar-refractivity contribution in [2.24, 2.45) is 0 Å². The fourth-order valence-corrected chi connectivity index (χ4v) is 5.04. The van der Waals surface area contributed by atoms with E-state index in [0.29, 0.717) is 52.6 Å².